The second-order valence-corrected chi connectivity index (χ2v) is 7.57. The van der Waals surface area contributed by atoms with Gasteiger partial charge in [0.1, 0.15) is 23.0 Å². The van der Waals surface area contributed by atoms with Gasteiger partial charge in [-0.15, -0.1) is 0 Å². The largest absolute Gasteiger partial charge is 0.493 e. The first-order valence-corrected chi connectivity index (χ1v) is 10.1. The van der Waals surface area contributed by atoms with E-state index in [-0.39, 0.29) is 5.88 Å². The van der Waals surface area contributed by atoms with Crippen molar-refractivity contribution in [2.75, 3.05) is 0 Å². The Morgan fingerprint density at radius 3 is 2.32 bits per heavy atom. The Kier molecular flexibility index (Phi) is 4.81. The number of para-hydroxylation sites is 1. The number of aromatic hydroxyl groups is 1. The number of aromatic nitrogens is 2. The van der Waals surface area contributed by atoms with E-state index >= 15 is 0 Å². The van der Waals surface area contributed by atoms with Gasteiger partial charge in [-0.05, 0) is 73.7 Å². The topological polar surface area (TPSA) is 59.6 Å². The van der Waals surface area contributed by atoms with Crippen LogP contribution in [0.15, 0.2) is 83.5 Å². The Morgan fingerprint density at radius 2 is 1.61 bits per heavy atom. The lowest BCUT2D eigenvalue weighted by Crippen LogP contribution is -2.19. The maximum atomic E-state index is 10.8. The Morgan fingerprint density at radius 1 is 0.935 bits per heavy atom. The zero-order valence-electron chi connectivity index (χ0n) is 16.7. The Hall–Kier alpha value is -3.83. The van der Waals surface area contributed by atoms with E-state index in [1.165, 1.54) is 0 Å². The fraction of sp³-hybridized carbons (Fsp3) is 0.0400. The van der Waals surface area contributed by atoms with Crippen molar-refractivity contribution in [1.82, 2.24) is 9.55 Å². The van der Waals surface area contributed by atoms with Crippen molar-refractivity contribution in [3.05, 3.63) is 106 Å². The molecule has 31 heavy (non-hydrogen) atoms. The quantitative estimate of drug-likeness (QED) is 0.509. The molecule has 152 valence electrons. The molecule has 1 aliphatic heterocycles. The van der Waals surface area contributed by atoms with Crippen LogP contribution in [0.1, 0.15) is 11.5 Å². The molecular formula is C25H18ClN3O2. The summed E-state index contributed by atoms with van der Waals surface area (Å²) >= 11 is 5.91. The minimum absolute atomic E-state index is 0.0657. The van der Waals surface area contributed by atoms with Gasteiger partial charge in [0.15, 0.2) is 0 Å². The molecule has 6 heteroatoms. The van der Waals surface area contributed by atoms with Crippen LogP contribution in [0.25, 0.3) is 17.8 Å². The summed E-state index contributed by atoms with van der Waals surface area (Å²) in [4.78, 5) is 9.10. The van der Waals surface area contributed by atoms with E-state index in [4.69, 9.17) is 16.3 Å². The van der Waals surface area contributed by atoms with Gasteiger partial charge >= 0.3 is 0 Å². The second kappa shape index (κ2) is 7.78. The molecule has 4 aromatic rings. The highest BCUT2D eigenvalue weighted by Crippen LogP contribution is 2.29. The molecule has 0 bridgehead atoms. The molecule has 0 atom stereocenters. The zero-order chi connectivity index (χ0) is 21.4. The van der Waals surface area contributed by atoms with Gasteiger partial charge in [0.2, 0.25) is 5.88 Å². The molecule has 0 saturated carbocycles. The van der Waals surface area contributed by atoms with E-state index in [1.54, 1.807) is 22.8 Å². The smallest absolute Gasteiger partial charge is 0.223 e. The third-order valence-corrected chi connectivity index (χ3v) is 5.22. The SMILES string of the molecule is Cc1nc(/C=C2/C=c3ccccc3=N2)c(O)n1-c1ccc(Oc2ccc(Cl)cc2)cc1. The van der Waals surface area contributed by atoms with Gasteiger partial charge in [0.25, 0.3) is 0 Å². The minimum atomic E-state index is 0.0657. The van der Waals surface area contributed by atoms with E-state index in [0.29, 0.717) is 28.0 Å². The number of hydrogen-bond acceptors (Lipinski definition) is 4. The van der Waals surface area contributed by atoms with Crippen LogP contribution >= 0.6 is 11.6 Å². The molecule has 1 aromatic heterocycles. The van der Waals surface area contributed by atoms with Crippen molar-refractivity contribution in [2.24, 2.45) is 4.99 Å². The molecule has 0 aliphatic carbocycles. The first-order chi connectivity index (χ1) is 15.1. The Balaban J connectivity index is 1.42. The molecule has 2 heterocycles. The minimum Gasteiger partial charge on any atom is -0.493 e. The zero-order valence-corrected chi connectivity index (χ0v) is 17.4. The van der Waals surface area contributed by atoms with Crippen LogP contribution in [-0.4, -0.2) is 14.7 Å². The molecule has 0 amide bonds. The number of nitrogens with zero attached hydrogens (tertiary/aromatic N) is 3. The summed E-state index contributed by atoms with van der Waals surface area (Å²) in [6.07, 6.45) is 3.77. The number of fused-ring (bicyclic) bond motifs is 1. The Bertz CT molecular complexity index is 1380. The van der Waals surface area contributed by atoms with E-state index in [9.17, 15) is 5.11 Å². The van der Waals surface area contributed by atoms with Gasteiger partial charge < -0.3 is 9.84 Å². The number of benzene rings is 3. The van der Waals surface area contributed by atoms with E-state index < -0.39 is 0 Å². The predicted octanol–water partition coefficient (Wildman–Crippen LogP) is 4.79. The average molecular weight is 428 g/mol. The molecule has 0 saturated heterocycles. The molecule has 0 unspecified atom stereocenters. The third-order valence-electron chi connectivity index (χ3n) is 4.97. The van der Waals surface area contributed by atoms with Crippen molar-refractivity contribution in [3.8, 4) is 23.1 Å². The average Bonchev–Trinajstić information content (AvgIpc) is 3.30. The first-order valence-electron chi connectivity index (χ1n) is 9.76. The first kappa shape index (κ1) is 19.2. The fourth-order valence-electron chi connectivity index (χ4n) is 3.51. The summed E-state index contributed by atoms with van der Waals surface area (Å²) in [6, 6.07) is 22.5. The van der Waals surface area contributed by atoms with Crippen LogP contribution in [0.4, 0.5) is 0 Å². The van der Waals surface area contributed by atoms with Crippen LogP contribution in [0, 0.1) is 6.92 Å². The van der Waals surface area contributed by atoms with Crippen molar-refractivity contribution in [2.45, 2.75) is 6.92 Å². The molecule has 0 fully saturated rings. The van der Waals surface area contributed by atoms with Gasteiger partial charge in [-0.1, -0.05) is 29.8 Å². The summed E-state index contributed by atoms with van der Waals surface area (Å²) in [5.41, 5.74) is 2.01. The Labute approximate surface area is 183 Å². The summed E-state index contributed by atoms with van der Waals surface area (Å²) in [6.45, 7) is 1.85. The van der Waals surface area contributed by atoms with Crippen molar-refractivity contribution >= 4 is 23.8 Å². The standard InChI is InChI=1S/C25H18ClN3O2/c1-16-27-24(15-19-14-17-4-2-3-5-23(17)28-19)25(30)29(16)20-8-12-22(13-9-20)31-21-10-6-18(26)7-11-21/h2-15,30H,1H3/b19-15-. The van der Waals surface area contributed by atoms with Crippen LogP contribution in [-0.2, 0) is 0 Å². The molecule has 1 aliphatic rings. The molecule has 5 rings (SSSR count). The fourth-order valence-corrected chi connectivity index (χ4v) is 3.63. The van der Waals surface area contributed by atoms with Gasteiger partial charge in [-0.2, -0.15) is 0 Å². The maximum Gasteiger partial charge on any atom is 0.223 e. The van der Waals surface area contributed by atoms with E-state index in [1.807, 2.05) is 73.7 Å². The van der Waals surface area contributed by atoms with Gasteiger partial charge in [0, 0.05) is 10.2 Å². The number of allylic oxidation sites excluding steroid dienone is 1. The summed E-state index contributed by atoms with van der Waals surface area (Å²) in [5, 5.41) is 13.5. The van der Waals surface area contributed by atoms with Crippen molar-refractivity contribution in [3.63, 3.8) is 0 Å². The molecule has 0 spiro atoms. The number of hydrogen-bond donors (Lipinski definition) is 1. The third kappa shape index (κ3) is 3.83. The monoisotopic (exact) mass is 427 g/mol. The van der Waals surface area contributed by atoms with Crippen molar-refractivity contribution in [1.29, 1.82) is 0 Å². The lowest BCUT2D eigenvalue weighted by atomic mass is 10.2. The molecule has 3 aromatic carbocycles. The highest BCUT2D eigenvalue weighted by Gasteiger charge is 2.15. The number of imidazole rings is 1. The lowest BCUT2D eigenvalue weighted by Gasteiger charge is -2.09. The number of ether oxygens (including phenoxy) is 1. The van der Waals surface area contributed by atoms with E-state index in [0.717, 1.165) is 22.0 Å². The highest BCUT2D eigenvalue weighted by atomic mass is 35.5. The number of aryl methyl sites for hydroxylation is 1. The summed E-state index contributed by atoms with van der Waals surface area (Å²) < 4.78 is 7.53. The summed E-state index contributed by atoms with van der Waals surface area (Å²) in [5.74, 6) is 2.12. The number of rotatable bonds is 4. The van der Waals surface area contributed by atoms with Gasteiger partial charge in [-0.3, -0.25) is 4.57 Å². The molecular weight excluding hydrogens is 410 g/mol. The van der Waals surface area contributed by atoms with Crippen LogP contribution in [0.2, 0.25) is 5.02 Å². The van der Waals surface area contributed by atoms with Gasteiger partial charge in [0.05, 0.1) is 16.7 Å². The maximum absolute atomic E-state index is 10.8. The van der Waals surface area contributed by atoms with Crippen molar-refractivity contribution < 1.29 is 9.84 Å². The molecule has 5 nitrogen and oxygen atoms in total. The van der Waals surface area contributed by atoms with E-state index in [2.05, 4.69) is 9.98 Å². The lowest BCUT2D eigenvalue weighted by molar-refractivity contribution is 0.440. The second-order valence-electron chi connectivity index (χ2n) is 7.14. The van der Waals surface area contributed by atoms with Crippen LogP contribution in [0.5, 0.6) is 17.4 Å². The molecule has 0 radical (unpaired) electrons. The van der Waals surface area contributed by atoms with Crippen LogP contribution < -0.4 is 15.3 Å². The van der Waals surface area contributed by atoms with Crippen LogP contribution in [0.3, 0.4) is 0 Å². The number of halogens is 1. The summed E-state index contributed by atoms with van der Waals surface area (Å²) in [7, 11) is 0. The normalized spacial score (nSPS) is 13.5. The molecule has 1 N–H and O–H groups in total. The van der Waals surface area contributed by atoms with Gasteiger partial charge in [-0.25, -0.2) is 9.98 Å². The predicted molar refractivity (Wildman–Crippen MR) is 121 cm³/mol. The highest BCUT2D eigenvalue weighted by molar-refractivity contribution is 6.30.